The molecule has 2 aromatic carbocycles. The van der Waals surface area contributed by atoms with E-state index >= 15 is 0 Å². The van der Waals surface area contributed by atoms with Gasteiger partial charge in [-0.05, 0) is 49.6 Å². The van der Waals surface area contributed by atoms with E-state index in [0.29, 0.717) is 30.3 Å². The normalized spacial score (nSPS) is 13.7. The number of ether oxygens (including phenoxy) is 2. The Morgan fingerprint density at radius 2 is 2.00 bits per heavy atom. The summed E-state index contributed by atoms with van der Waals surface area (Å²) in [5.41, 5.74) is 2.11. The van der Waals surface area contributed by atoms with E-state index in [0.717, 1.165) is 18.4 Å². The number of sulfonamides is 1. The fourth-order valence-electron chi connectivity index (χ4n) is 3.26. The maximum atomic E-state index is 12.9. The summed E-state index contributed by atoms with van der Waals surface area (Å²) < 4.78 is 38.8. The predicted molar refractivity (Wildman–Crippen MR) is 107 cm³/mol. The Morgan fingerprint density at radius 3 is 2.75 bits per heavy atom. The van der Waals surface area contributed by atoms with Crippen LogP contribution in [0.1, 0.15) is 18.9 Å². The lowest BCUT2D eigenvalue weighted by Gasteiger charge is -2.30. The zero-order valence-electron chi connectivity index (χ0n) is 16.0. The molecule has 1 amide bonds. The first-order valence-electron chi connectivity index (χ1n) is 9.13. The van der Waals surface area contributed by atoms with Crippen LogP contribution in [0.4, 0.5) is 11.4 Å². The van der Waals surface area contributed by atoms with Crippen LogP contribution in [0.15, 0.2) is 47.4 Å². The molecule has 0 fully saturated rings. The van der Waals surface area contributed by atoms with Gasteiger partial charge in [-0.1, -0.05) is 18.2 Å². The number of para-hydroxylation sites is 1. The van der Waals surface area contributed by atoms with Crippen molar-refractivity contribution >= 4 is 27.3 Å². The first-order valence-corrected chi connectivity index (χ1v) is 10.6. The van der Waals surface area contributed by atoms with E-state index in [1.165, 1.54) is 13.2 Å². The molecular formula is C20H24N2O5S. The van der Waals surface area contributed by atoms with Crippen LogP contribution in [0.2, 0.25) is 0 Å². The highest BCUT2D eigenvalue weighted by Gasteiger charge is 2.24. The number of fused-ring (bicyclic) bond motifs is 1. The summed E-state index contributed by atoms with van der Waals surface area (Å²) in [6.45, 7) is 2.73. The minimum absolute atomic E-state index is 0.0167. The number of nitrogens with zero attached hydrogens (tertiary/aromatic N) is 1. The summed E-state index contributed by atoms with van der Waals surface area (Å²) >= 11 is 0. The van der Waals surface area contributed by atoms with Crippen LogP contribution < -0.4 is 14.4 Å². The van der Waals surface area contributed by atoms with Crippen molar-refractivity contribution in [3.63, 3.8) is 0 Å². The van der Waals surface area contributed by atoms with Gasteiger partial charge in [0.2, 0.25) is 0 Å². The molecule has 0 radical (unpaired) electrons. The fourth-order valence-corrected chi connectivity index (χ4v) is 4.45. The second-order valence-corrected chi connectivity index (χ2v) is 8.06. The SMILES string of the molecule is CCOc1ccccc1S(=O)(=O)Nc1ccc2c(c1)N(C(=O)COC)CCC2. The summed E-state index contributed by atoms with van der Waals surface area (Å²) in [5.74, 6) is 0.150. The molecule has 0 saturated heterocycles. The summed E-state index contributed by atoms with van der Waals surface area (Å²) in [4.78, 5) is 14.1. The number of anilines is 2. The lowest BCUT2D eigenvalue weighted by molar-refractivity contribution is -0.122. The van der Waals surface area contributed by atoms with E-state index in [2.05, 4.69) is 4.72 Å². The van der Waals surface area contributed by atoms with Crippen molar-refractivity contribution in [1.82, 2.24) is 0 Å². The molecule has 3 rings (SSSR count). The third kappa shape index (κ3) is 4.28. The molecule has 1 aliphatic heterocycles. The van der Waals surface area contributed by atoms with Gasteiger partial charge in [-0.25, -0.2) is 8.42 Å². The quantitative estimate of drug-likeness (QED) is 0.767. The molecule has 1 aliphatic rings. The van der Waals surface area contributed by atoms with Gasteiger partial charge in [0.1, 0.15) is 17.3 Å². The molecule has 0 saturated carbocycles. The highest BCUT2D eigenvalue weighted by atomic mass is 32.2. The first-order chi connectivity index (χ1) is 13.5. The Hall–Kier alpha value is -2.58. The Morgan fingerprint density at radius 1 is 1.21 bits per heavy atom. The van der Waals surface area contributed by atoms with Gasteiger partial charge in [0.25, 0.3) is 15.9 Å². The second-order valence-electron chi connectivity index (χ2n) is 6.41. The van der Waals surface area contributed by atoms with Crippen LogP contribution in [0, 0.1) is 0 Å². The molecule has 0 aromatic heterocycles. The van der Waals surface area contributed by atoms with Gasteiger partial charge >= 0.3 is 0 Å². The number of amides is 1. The first kappa shape index (κ1) is 20.2. The fraction of sp³-hybridized carbons (Fsp3) is 0.350. The van der Waals surface area contributed by atoms with E-state index in [4.69, 9.17) is 9.47 Å². The van der Waals surface area contributed by atoms with Crippen molar-refractivity contribution in [2.24, 2.45) is 0 Å². The lowest BCUT2D eigenvalue weighted by Crippen LogP contribution is -2.37. The van der Waals surface area contributed by atoms with Crippen LogP contribution >= 0.6 is 0 Å². The Bertz CT molecular complexity index is 959. The van der Waals surface area contributed by atoms with Crippen LogP contribution in [0.5, 0.6) is 5.75 Å². The van der Waals surface area contributed by atoms with Crippen LogP contribution in [-0.2, 0) is 26.0 Å². The number of rotatable bonds is 7. The number of hydrogen-bond acceptors (Lipinski definition) is 5. The van der Waals surface area contributed by atoms with Gasteiger partial charge in [0.05, 0.1) is 12.3 Å². The van der Waals surface area contributed by atoms with Crippen molar-refractivity contribution in [2.75, 3.05) is 36.5 Å². The maximum absolute atomic E-state index is 12.9. The lowest BCUT2D eigenvalue weighted by atomic mass is 10.0. The van der Waals surface area contributed by atoms with Crippen molar-refractivity contribution in [1.29, 1.82) is 0 Å². The van der Waals surface area contributed by atoms with E-state index < -0.39 is 10.0 Å². The Balaban J connectivity index is 1.91. The molecular weight excluding hydrogens is 380 g/mol. The molecule has 28 heavy (non-hydrogen) atoms. The van der Waals surface area contributed by atoms with Crippen LogP contribution in [0.25, 0.3) is 0 Å². The van der Waals surface area contributed by atoms with Gasteiger partial charge in [0, 0.05) is 19.3 Å². The average molecular weight is 404 g/mol. The zero-order valence-corrected chi connectivity index (χ0v) is 16.8. The highest BCUT2D eigenvalue weighted by molar-refractivity contribution is 7.92. The summed E-state index contributed by atoms with van der Waals surface area (Å²) in [6, 6.07) is 11.8. The van der Waals surface area contributed by atoms with Crippen molar-refractivity contribution in [3.05, 3.63) is 48.0 Å². The Labute approximate surface area is 165 Å². The molecule has 7 nitrogen and oxygen atoms in total. The minimum atomic E-state index is -3.84. The standard InChI is InChI=1S/C20H24N2O5S/c1-3-27-18-8-4-5-9-19(18)28(24,25)21-16-11-10-15-7-6-12-22(17(15)13-16)20(23)14-26-2/h4-5,8-11,13,21H,3,6-7,12,14H2,1-2H3. The molecule has 0 atom stereocenters. The average Bonchev–Trinajstić information content (AvgIpc) is 2.68. The number of carbonyl (C=O) groups excluding carboxylic acids is 1. The van der Waals surface area contributed by atoms with Crippen molar-refractivity contribution in [3.8, 4) is 5.75 Å². The molecule has 1 heterocycles. The number of aryl methyl sites for hydroxylation is 1. The van der Waals surface area contributed by atoms with Gasteiger partial charge in [-0.3, -0.25) is 9.52 Å². The summed E-state index contributed by atoms with van der Waals surface area (Å²) in [5, 5.41) is 0. The van der Waals surface area contributed by atoms with Gasteiger partial charge in [0.15, 0.2) is 0 Å². The molecule has 0 unspecified atom stereocenters. The monoisotopic (exact) mass is 404 g/mol. The molecule has 150 valence electrons. The molecule has 2 aromatic rings. The van der Waals surface area contributed by atoms with E-state index in [9.17, 15) is 13.2 Å². The summed E-state index contributed by atoms with van der Waals surface area (Å²) in [6.07, 6.45) is 1.70. The number of hydrogen-bond donors (Lipinski definition) is 1. The predicted octanol–water partition coefficient (Wildman–Crippen LogP) is 2.81. The third-order valence-electron chi connectivity index (χ3n) is 4.46. The van der Waals surface area contributed by atoms with Gasteiger partial charge in [-0.2, -0.15) is 0 Å². The van der Waals surface area contributed by atoms with Gasteiger partial charge in [-0.15, -0.1) is 0 Å². The van der Waals surface area contributed by atoms with Gasteiger partial charge < -0.3 is 14.4 Å². The molecule has 0 spiro atoms. The van der Waals surface area contributed by atoms with E-state index in [1.54, 1.807) is 42.2 Å². The van der Waals surface area contributed by atoms with Crippen molar-refractivity contribution in [2.45, 2.75) is 24.7 Å². The third-order valence-corrected chi connectivity index (χ3v) is 5.88. The topological polar surface area (TPSA) is 84.9 Å². The van der Waals surface area contributed by atoms with Crippen LogP contribution in [0.3, 0.4) is 0 Å². The number of nitrogens with one attached hydrogen (secondary N) is 1. The second kappa shape index (κ2) is 8.62. The molecule has 0 bridgehead atoms. The van der Waals surface area contributed by atoms with Crippen LogP contribution in [-0.4, -0.2) is 41.2 Å². The number of methoxy groups -OCH3 is 1. The van der Waals surface area contributed by atoms with Crippen molar-refractivity contribution < 1.29 is 22.7 Å². The largest absolute Gasteiger partial charge is 0.492 e. The molecule has 8 heteroatoms. The number of benzene rings is 2. The smallest absolute Gasteiger partial charge is 0.265 e. The molecule has 1 N–H and O–H groups in total. The van der Waals surface area contributed by atoms with E-state index in [1.807, 2.05) is 6.07 Å². The van der Waals surface area contributed by atoms with E-state index in [-0.39, 0.29) is 17.4 Å². The highest BCUT2D eigenvalue weighted by Crippen LogP contribution is 2.32. The zero-order chi connectivity index (χ0) is 20.1. The molecule has 0 aliphatic carbocycles. The summed E-state index contributed by atoms with van der Waals surface area (Å²) in [7, 11) is -2.37. The maximum Gasteiger partial charge on any atom is 0.265 e. The Kier molecular flexibility index (Phi) is 6.21. The minimum Gasteiger partial charge on any atom is -0.492 e. The number of carbonyl (C=O) groups is 1.